The molecule has 1 amide bonds. The molecule has 0 saturated heterocycles. The molecule has 0 bridgehead atoms. The lowest BCUT2D eigenvalue weighted by molar-refractivity contribution is -0.140. The number of carbonyl (C=O) groups excluding carboxylic acids is 1. The Labute approximate surface area is 124 Å². The number of alkyl halides is 3. The maximum absolute atomic E-state index is 13.2. The highest BCUT2D eigenvalue weighted by Crippen LogP contribution is 2.31. The molecule has 0 saturated carbocycles. The third kappa shape index (κ3) is 3.81. The minimum absolute atomic E-state index is 0.135. The van der Waals surface area contributed by atoms with Gasteiger partial charge < -0.3 is 5.32 Å². The Kier molecular flexibility index (Phi) is 4.44. The summed E-state index contributed by atoms with van der Waals surface area (Å²) in [6, 6.07) is 5.67. The van der Waals surface area contributed by atoms with Crippen LogP contribution in [0.5, 0.6) is 0 Å². The average molecular weight is 312 g/mol. The largest absolute Gasteiger partial charge is 0.419 e. The number of hydrogen-bond acceptors (Lipinski definition) is 2. The fraction of sp³-hybridized carbons (Fsp3) is 0.200. The molecule has 116 valence electrons. The molecule has 0 aliphatic carbocycles. The summed E-state index contributed by atoms with van der Waals surface area (Å²) < 4.78 is 51.0. The summed E-state index contributed by atoms with van der Waals surface area (Å²) in [5.74, 6) is -1.78. The highest BCUT2D eigenvalue weighted by Gasteiger charge is 2.34. The lowest BCUT2D eigenvalue weighted by atomic mass is 10.1. The van der Waals surface area contributed by atoms with E-state index < -0.39 is 23.5 Å². The molecule has 0 atom stereocenters. The molecule has 0 fully saturated rings. The first-order valence-corrected chi connectivity index (χ1v) is 6.34. The van der Waals surface area contributed by atoms with Gasteiger partial charge in [0.1, 0.15) is 5.82 Å². The number of halogens is 4. The van der Waals surface area contributed by atoms with Crippen LogP contribution in [0.1, 0.15) is 27.2 Å². The van der Waals surface area contributed by atoms with Crippen LogP contribution in [0.2, 0.25) is 0 Å². The van der Waals surface area contributed by atoms with E-state index in [-0.39, 0.29) is 12.1 Å². The summed E-state index contributed by atoms with van der Waals surface area (Å²) in [5, 5.41) is 2.48. The molecule has 0 aliphatic heterocycles. The van der Waals surface area contributed by atoms with Crippen LogP contribution in [0.4, 0.5) is 17.6 Å². The van der Waals surface area contributed by atoms with Crippen molar-refractivity contribution in [3.8, 4) is 0 Å². The predicted molar refractivity (Wildman–Crippen MR) is 71.5 cm³/mol. The van der Waals surface area contributed by atoms with E-state index in [2.05, 4.69) is 10.3 Å². The SMILES string of the molecule is Cc1cc(C(=O)NCc2ccc(F)c(C(F)(F)F)c2)ccn1. The molecule has 2 rings (SSSR count). The van der Waals surface area contributed by atoms with Crippen molar-refractivity contribution >= 4 is 5.91 Å². The van der Waals surface area contributed by atoms with Crippen LogP contribution in [-0.4, -0.2) is 10.9 Å². The van der Waals surface area contributed by atoms with Crippen LogP contribution in [0.15, 0.2) is 36.5 Å². The van der Waals surface area contributed by atoms with Gasteiger partial charge in [0.25, 0.3) is 5.91 Å². The maximum Gasteiger partial charge on any atom is 0.419 e. The van der Waals surface area contributed by atoms with Gasteiger partial charge in [-0.25, -0.2) is 4.39 Å². The Hall–Kier alpha value is -2.44. The van der Waals surface area contributed by atoms with Crippen molar-refractivity contribution in [2.45, 2.75) is 19.6 Å². The van der Waals surface area contributed by atoms with Crippen molar-refractivity contribution in [1.82, 2.24) is 10.3 Å². The van der Waals surface area contributed by atoms with E-state index in [1.807, 2.05) is 0 Å². The topological polar surface area (TPSA) is 42.0 Å². The summed E-state index contributed by atoms with van der Waals surface area (Å²) in [5.41, 5.74) is -0.189. The smallest absolute Gasteiger partial charge is 0.348 e. The maximum atomic E-state index is 13.2. The minimum atomic E-state index is -4.77. The molecule has 0 radical (unpaired) electrons. The molecule has 3 nitrogen and oxygen atoms in total. The third-order valence-electron chi connectivity index (χ3n) is 2.95. The number of aromatic nitrogens is 1. The number of nitrogens with zero attached hydrogens (tertiary/aromatic N) is 1. The Morgan fingerprint density at radius 2 is 1.95 bits per heavy atom. The van der Waals surface area contributed by atoms with Gasteiger partial charge in [0, 0.05) is 24.0 Å². The molecular weight excluding hydrogens is 300 g/mol. The number of hydrogen-bond donors (Lipinski definition) is 1. The number of aryl methyl sites for hydroxylation is 1. The van der Waals surface area contributed by atoms with Crippen molar-refractivity contribution in [3.63, 3.8) is 0 Å². The van der Waals surface area contributed by atoms with Gasteiger partial charge in [-0.15, -0.1) is 0 Å². The zero-order chi connectivity index (χ0) is 16.3. The number of carbonyl (C=O) groups is 1. The molecule has 0 unspecified atom stereocenters. The first-order valence-electron chi connectivity index (χ1n) is 6.34. The summed E-state index contributed by atoms with van der Waals surface area (Å²) >= 11 is 0. The zero-order valence-electron chi connectivity index (χ0n) is 11.5. The fourth-order valence-corrected chi connectivity index (χ4v) is 1.87. The predicted octanol–water partition coefficient (Wildman–Crippen LogP) is 3.48. The molecule has 1 heterocycles. The second-order valence-corrected chi connectivity index (χ2v) is 4.68. The molecule has 7 heteroatoms. The third-order valence-corrected chi connectivity index (χ3v) is 2.95. The number of nitrogens with one attached hydrogen (secondary N) is 1. The first-order chi connectivity index (χ1) is 10.3. The standard InChI is InChI=1S/C15H12F4N2O/c1-9-6-11(4-5-20-9)14(22)21-8-10-2-3-13(16)12(7-10)15(17,18)19/h2-7H,8H2,1H3,(H,21,22). The van der Waals surface area contributed by atoms with Crippen LogP contribution in [-0.2, 0) is 12.7 Å². The van der Waals surface area contributed by atoms with Gasteiger partial charge in [-0.2, -0.15) is 13.2 Å². The molecule has 0 spiro atoms. The summed E-state index contributed by atoms with van der Waals surface area (Å²) in [4.78, 5) is 15.8. The normalized spacial score (nSPS) is 11.3. The van der Waals surface area contributed by atoms with Crippen molar-refractivity contribution in [2.75, 3.05) is 0 Å². The van der Waals surface area contributed by atoms with Crippen molar-refractivity contribution in [3.05, 3.63) is 64.7 Å². The van der Waals surface area contributed by atoms with E-state index in [0.29, 0.717) is 17.3 Å². The van der Waals surface area contributed by atoms with Gasteiger partial charge in [0.2, 0.25) is 0 Å². The number of amides is 1. The second-order valence-electron chi connectivity index (χ2n) is 4.68. The van der Waals surface area contributed by atoms with Crippen LogP contribution in [0, 0.1) is 12.7 Å². The zero-order valence-corrected chi connectivity index (χ0v) is 11.5. The van der Waals surface area contributed by atoms with Gasteiger partial charge in [0.05, 0.1) is 5.56 Å². The van der Waals surface area contributed by atoms with E-state index in [1.165, 1.54) is 18.3 Å². The number of pyridine rings is 1. The Bertz CT molecular complexity index is 698. The second kappa shape index (κ2) is 6.13. The molecular formula is C15H12F4N2O. The lowest BCUT2D eigenvalue weighted by Gasteiger charge is -2.11. The van der Waals surface area contributed by atoms with Gasteiger partial charge in [0.15, 0.2) is 0 Å². The molecule has 22 heavy (non-hydrogen) atoms. The van der Waals surface area contributed by atoms with Crippen LogP contribution in [0.3, 0.4) is 0 Å². The first kappa shape index (κ1) is 15.9. The quantitative estimate of drug-likeness (QED) is 0.882. The van der Waals surface area contributed by atoms with Gasteiger partial charge in [-0.3, -0.25) is 9.78 Å². The Morgan fingerprint density at radius 3 is 2.59 bits per heavy atom. The lowest BCUT2D eigenvalue weighted by Crippen LogP contribution is -2.23. The van der Waals surface area contributed by atoms with Gasteiger partial charge in [-0.05, 0) is 36.8 Å². The monoisotopic (exact) mass is 312 g/mol. The molecule has 1 N–H and O–H groups in total. The van der Waals surface area contributed by atoms with Crippen LogP contribution in [0.25, 0.3) is 0 Å². The number of rotatable bonds is 3. The van der Waals surface area contributed by atoms with E-state index in [9.17, 15) is 22.4 Å². The fourth-order valence-electron chi connectivity index (χ4n) is 1.87. The molecule has 1 aromatic carbocycles. The van der Waals surface area contributed by atoms with Gasteiger partial charge in [-0.1, -0.05) is 6.07 Å². The highest BCUT2D eigenvalue weighted by atomic mass is 19.4. The summed E-state index contributed by atoms with van der Waals surface area (Å²) in [6.45, 7) is 1.58. The molecule has 1 aromatic heterocycles. The van der Waals surface area contributed by atoms with Crippen LogP contribution >= 0.6 is 0 Å². The molecule has 0 aliphatic rings. The van der Waals surface area contributed by atoms with E-state index >= 15 is 0 Å². The van der Waals surface area contributed by atoms with Crippen molar-refractivity contribution in [2.24, 2.45) is 0 Å². The minimum Gasteiger partial charge on any atom is -0.348 e. The van der Waals surface area contributed by atoms with E-state index in [0.717, 1.165) is 6.07 Å². The van der Waals surface area contributed by atoms with E-state index in [4.69, 9.17) is 0 Å². The highest BCUT2D eigenvalue weighted by molar-refractivity contribution is 5.94. The number of benzene rings is 1. The van der Waals surface area contributed by atoms with Crippen molar-refractivity contribution in [1.29, 1.82) is 0 Å². The summed E-state index contributed by atoms with van der Waals surface area (Å²) in [7, 11) is 0. The molecule has 2 aromatic rings. The van der Waals surface area contributed by atoms with E-state index in [1.54, 1.807) is 13.0 Å². The average Bonchev–Trinajstić information content (AvgIpc) is 2.45. The van der Waals surface area contributed by atoms with Crippen LogP contribution < -0.4 is 5.32 Å². The summed E-state index contributed by atoms with van der Waals surface area (Å²) in [6.07, 6.45) is -3.31. The Morgan fingerprint density at radius 1 is 1.23 bits per heavy atom. The Balaban J connectivity index is 2.10. The van der Waals surface area contributed by atoms with Crippen molar-refractivity contribution < 1.29 is 22.4 Å². The van der Waals surface area contributed by atoms with Gasteiger partial charge >= 0.3 is 6.18 Å².